The van der Waals surface area contributed by atoms with Crippen molar-refractivity contribution in [2.24, 2.45) is 0 Å². The van der Waals surface area contributed by atoms with Crippen LogP contribution >= 0.6 is 0 Å². The third kappa shape index (κ3) is 2.05. The van der Waals surface area contributed by atoms with Crippen molar-refractivity contribution < 1.29 is 0 Å². The molecule has 0 bridgehead atoms. The molecule has 0 spiro atoms. The lowest BCUT2D eigenvalue weighted by molar-refractivity contribution is 0.596. The summed E-state index contributed by atoms with van der Waals surface area (Å²) in [5.74, 6) is 0.728. The number of aromatic nitrogens is 3. The molecular formula is C17H18N4O. The zero-order chi connectivity index (χ0) is 15.1. The molecule has 0 unspecified atom stereocenters. The van der Waals surface area contributed by atoms with Crippen LogP contribution < -0.4 is 10.9 Å². The van der Waals surface area contributed by atoms with Crippen molar-refractivity contribution in [3.63, 3.8) is 0 Å². The van der Waals surface area contributed by atoms with Crippen LogP contribution in [0.1, 0.15) is 22.4 Å². The summed E-state index contributed by atoms with van der Waals surface area (Å²) in [5.41, 5.74) is 4.36. The van der Waals surface area contributed by atoms with Gasteiger partial charge in [0, 0.05) is 37.6 Å². The second-order valence-corrected chi connectivity index (χ2v) is 5.83. The van der Waals surface area contributed by atoms with Crippen molar-refractivity contribution in [2.45, 2.75) is 26.4 Å². The molecule has 3 heterocycles. The first-order valence-electron chi connectivity index (χ1n) is 7.58. The maximum Gasteiger partial charge on any atom is 0.259 e. The second kappa shape index (κ2) is 5.10. The van der Waals surface area contributed by atoms with Crippen LogP contribution in [0.2, 0.25) is 0 Å². The van der Waals surface area contributed by atoms with Crippen molar-refractivity contribution in [1.29, 1.82) is 0 Å². The Hall–Kier alpha value is -2.40. The van der Waals surface area contributed by atoms with Crippen LogP contribution in [0.25, 0.3) is 5.78 Å². The van der Waals surface area contributed by atoms with E-state index in [1.165, 1.54) is 5.56 Å². The summed E-state index contributed by atoms with van der Waals surface area (Å²) in [6.45, 7) is 4.15. The SMILES string of the molecule is Cc1ccc(Cn2c(=O)c3c(n4ccnc24)CCNC3)cc1. The fraction of sp³-hybridized carbons (Fsp3) is 0.294. The number of hydrogen-bond donors (Lipinski definition) is 1. The van der Waals surface area contributed by atoms with Crippen molar-refractivity contribution in [1.82, 2.24) is 19.3 Å². The summed E-state index contributed by atoms with van der Waals surface area (Å²) in [6, 6.07) is 8.28. The molecule has 3 aromatic rings. The molecule has 1 N–H and O–H groups in total. The number of hydrogen-bond acceptors (Lipinski definition) is 3. The van der Waals surface area contributed by atoms with Crippen LogP contribution in [0.5, 0.6) is 0 Å². The van der Waals surface area contributed by atoms with E-state index in [9.17, 15) is 4.79 Å². The normalized spacial score (nSPS) is 14.2. The summed E-state index contributed by atoms with van der Waals surface area (Å²) in [5, 5.41) is 3.29. The molecule has 22 heavy (non-hydrogen) atoms. The van der Waals surface area contributed by atoms with E-state index in [4.69, 9.17) is 0 Å². The Bertz CT molecular complexity index is 889. The van der Waals surface area contributed by atoms with Crippen LogP contribution in [-0.4, -0.2) is 20.5 Å². The minimum atomic E-state index is 0.0708. The number of benzene rings is 1. The fourth-order valence-corrected chi connectivity index (χ4v) is 3.12. The smallest absolute Gasteiger partial charge is 0.259 e. The molecule has 5 nitrogen and oxygen atoms in total. The lowest BCUT2D eigenvalue weighted by Crippen LogP contribution is -2.36. The predicted octanol–water partition coefficient (Wildman–Crippen LogP) is 1.50. The Labute approximate surface area is 128 Å². The van der Waals surface area contributed by atoms with Crippen molar-refractivity contribution in [2.75, 3.05) is 6.54 Å². The number of nitrogens with one attached hydrogen (secondary N) is 1. The maximum atomic E-state index is 12.9. The summed E-state index contributed by atoms with van der Waals surface area (Å²) in [6.07, 6.45) is 4.58. The molecule has 5 heteroatoms. The quantitative estimate of drug-likeness (QED) is 0.779. The van der Waals surface area contributed by atoms with E-state index in [1.54, 1.807) is 10.8 Å². The van der Waals surface area contributed by atoms with Gasteiger partial charge in [-0.2, -0.15) is 0 Å². The topological polar surface area (TPSA) is 51.3 Å². The highest BCUT2D eigenvalue weighted by Crippen LogP contribution is 2.14. The average molecular weight is 294 g/mol. The molecule has 112 valence electrons. The van der Waals surface area contributed by atoms with Gasteiger partial charge in [0.25, 0.3) is 5.56 Å². The summed E-state index contributed by atoms with van der Waals surface area (Å²) < 4.78 is 3.84. The van der Waals surface area contributed by atoms with Crippen LogP contribution in [0, 0.1) is 6.92 Å². The number of imidazole rings is 1. The molecule has 1 aliphatic rings. The second-order valence-electron chi connectivity index (χ2n) is 5.83. The zero-order valence-corrected chi connectivity index (χ0v) is 12.5. The zero-order valence-electron chi connectivity index (χ0n) is 12.5. The molecule has 0 aliphatic carbocycles. The third-order valence-electron chi connectivity index (χ3n) is 4.31. The number of rotatable bonds is 2. The number of nitrogens with zero attached hydrogens (tertiary/aromatic N) is 3. The maximum absolute atomic E-state index is 12.9. The molecule has 0 atom stereocenters. The van der Waals surface area contributed by atoms with Gasteiger partial charge in [-0.25, -0.2) is 4.98 Å². The molecular weight excluding hydrogens is 276 g/mol. The van der Waals surface area contributed by atoms with E-state index in [0.29, 0.717) is 13.1 Å². The van der Waals surface area contributed by atoms with Gasteiger partial charge in [0.2, 0.25) is 5.78 Å². The lowest BCUT2D eigenvalue weighted by Gasteiger charge is -2.20. The summed E-state index contributed by atoms with van der Waals surface area (Å²) >= 11 is 0. The van der Waals surface area contributed by atoms with Crippen molar-refractivity contribution >= 4 is 5.78 Å². The van der Waals surface area contributed by atoms with Gasteiger partial charge in [-0.15, -0.1) is 0 Å². The molecule has 0 saturated heterocycles. The van der Waals surface area contributed by atoms with Gasteiger partial charge in [-0.05, 0) is 12.5 Å². The van der Waals surface area contributed by atoms with Crippen LogP contribution in [0.4, 0.5) is 0 Å². The van der Waals surface area contributed by atoms with E-state index < -0.39 is 0 Å². The summed E-state index contributed by atoms with van der Waals surface area (Å²) in [4.78, 5) is 17.3. The molecule has 1 aromatic carbocycles. The molecule has 1 aliphatic heterocycles. The van der Waals surface area contributed by atoms with Crippen LogP contribution in [0.15, 0.2) is 41.5 Å². The van der Waals surface area contributed by atoms with Gasteiger partial charge in [0.05, 0.1) is 12.1 Å². The van der Waals surface area contributed by atoms with Gasteiger partial charge in [-0.1, -0.05) is 29.8 Å². The lowest BCUT2D eigenvalue weighted by atomic mass is 10.1. The highest BCUT2D eigenvalue weighted by Gasteiger charge is 2.19. The van der Waals surface area contributed by atoms with E-state index in [2.05, 4.69) is 45.9 Å². The van der Waals surface area contributed by atoms with Gasteiger partial charge in [0.15, 0.2) is 0 Å². The Balaban J connectivity index is 1.90. The van der Waals surface area contributed by atoms with Gasteiger partial charge >= 0.3 is 0 Å². The van der Waals surface area contributed by atoms with Crippen LogP contribution in [0.3, 0.4) is 0 Å². The minimum Gasteiger partial charge on any atom is -0.312 e. The van der Waals surface area contributed by atoms with Gasteiger partial charge < -0.3 is 5.32 Å². The monoisotopic (exact) mass is 294 g/mol. The molecule has 0 saturated carbocycles. The Morgan fingerprint density at radius 2 is 2.09 bits per heavy atom. The molecule has 0 radical (unpaired) electrons. The first-order chi connectivity index (χ1) is 10.7. The largest absolute Gasteiger partial charge is 0.312 e. The standard InChI is InChI=1S/C17H18N4O/c1-12-2-4-13(5-3-12)11-21-16(22)14-10-18-7-6-15(14)20-9-8-19-17(20)21/h2-5,8-9,18H,6-7,10-11H2,1H3. The first kappa shape index (κ1) is 13.3. The molecule has 4 rings (SSSR count). The molecule has 0 fully saturated rings. The highest BCUT2D eigenvalue weighted by atomic mass is 16.1. The number of aryl methyl sites for hydroxylation is 1. The van der Waals surface area contributed by atoms with E-state index in [-0.39, 0.29) is 5.56 Å². The van der Waals surface area contributed by atoms with Crippen molar-refractivity contribution in [3.8, 4) is 0 Å². The Morgan fingerprint density at radius 3 is 2.91 bits per heavy atom. The van der Waals surface area contributed by atoms with Crippen molar-refractivity contribution in [3.05, 3.63) is 69.4 Å². The van der Waals surface area contributed by atoms with Crippen LogP contribution in [-0.2, 0) is 19.5 Å². The van der Waals surface area contributed by atoms with E-state index >= 15 is 0 Å². The van der Waals surface area contributed by atoms with E-state index in [1.807, 2.05) is 6.20 Å². The van der Waals surface area contributed by atoms with E-state index in [0.717, 1.165) is 35.6 Å². The van der Waals surface area contributed by atoms with Gasteiger partial charge in [-0.3, -0.25) is 13.8 Å². The first-order valence-corrected chi connectivity index (χ1v) is 7.58. The minimum absolute atomic E-state index is 0.0708. The molecule has 0 amide bonds. The fourth-order valence-electron chi connectivity index (χ4n) is 3.12. The predicted molar refractivity (Wildman–Crippen MR) is 85.1 cm³/mol. The summed E-state index contributed by atoms with van der Waals surface area (Å²) in [7, 11) is 0. The highest BCUT2D eigenvalue weighted by molar-refractivity contribution is 5.38. The Kier molecular flexibility index (Phi) is 3.08. The molecule has 2 aromatic heterocycles. The average Bonchev–Trinajstić information content (AvgIpc) is 3.03. The van der Waals surface area contributed by atoms with Gasteiger partial charge in [0.1, 0.15) is 0 Å². The Morgan fingerprint density at radius 1 is 1.27 bits per heavy atom. The number of fused-ring (bicyclic) bond motifs is 3. The third-order valence-corrected chi connectivity index (χ3v) is 4.31.